The molecule has 1 heterocycles. The first kappa shape index (κ1) is 13.4. The van der Waals surface area contributed by atoms with Crippen LogP contribution in [0.4, 0.5) is 11.4 Å². The average Bonchev–Trinajstić information content (AvgIpc) is 2.35. The van der Waals surface area contributed by atoms with E-state index in [2.05, 4.69) is 11.4 Å². The Balaban J connectivity index is 2.29. The molecule has 100 valence electrons. The summed E-state index contributed by atoms with van der Waals surface area (Å²) in [6.07, 6.45) is 0.703. The van der Waals surface area contributed by atoms with E-state index in [4.69, 9.17) is 11.0 Å². The van der Waals surface area contributed by atoms with Crippen LogP contribution in [0.3, 0.4) is 0 Å². The van der Waals surface area contributed by atoms with Gasteiger partial charge in [0.1, 0.15) is 0 Å². The standard InChI is InChI=1S/C14H18N4O/c1-14(2,16)5-6-18-12-7-10(8-15)3-4-11(12)17-9-13(18)19/h3-4,7,17H,5-6,9,16H2,1-2H3. The van der Waals surface area contributed by atoms with Gasteiger partial charge in [0.05, 0.1) is 29.6 Å². The Morgan fingerprint density at radius 3 is 2.89 bits per heavy atom. The van der Waals surface area contributed by atoms with Crippen molar-refractivity contribution >= 4 is 17.3 Å². The summed E-state index contributed by atoms with van der Waals surface area (Å²) in [7, 11) is 0. The lowest BCUT2D eigenvalue weighted by atomic mass is 10.0. The largest absolute Gasteiger partial charge is 0.374 e. The molecule has 0 spiro atoms. The number of nitrogens with one attached hydrogen (secondary N) is 1. The fraction of sp³-hybridized carbons (Fsp3) is 0.429. The number of benzene rings is 1. The Morgan fingerprint density at radius 2 is 2.26 bits per heavy atom. The molecule has 1 amide bonds. The van der Waals surface area contributed by atoms with Crippen molar-refractivity contribution in [3.05, 3.63) is 23.8 Å². The molecule has 1 aromatic carbocycles. The highest BCUT2D eigenvalue weighted by atomic mass is 16.2. The number of hydrogen-bond acceptors (Lipinski definition) is 4. The van der Waals surface area contributed by atoms with Gasteiger partial charge in [-0.2, -0.15) is 5.26 Å². The Bertz CT molecular complexity index is 539. The molecular formula is C14H18N4O. The number of amides is 1. The van der Waals surface area contributed by atoms with Crippen LogP contribution >= 0.6 is 0 Å². The smallest absolute Gasteiger partial charge is 0.246 e. The van der Waals surface area contributed by atoms with Crippen LogP contribution in [-0.2, 0) is 4.79 Å². The summed E-state index contributed by atoms with van der Waals surface area (Å²) in [4.78, 5) is 13.7. The van der Waals surface area contributed by atoms with Crippen LogP contribution < -0.4 is 16.0 Å². The molecular weight excluding hydrogens is 240 g/mol. The molecule has 0 aromatic heterocycles. The molecule has 1 aromatic rings. The molecule has 0 saturated heterocycles. The van der Waals surface area contributed by atoms with Crippen LogP contribution in [0, 0.1) is 11.3 Å². The van der Waals surface area contributed by atoms with Gasteiger partial charge in [0.15, 0.2) is 0 Å². The molecule has 0 fully saturated rings. The monoisotopic (exact) mass is 258 g/mol. The zero-order valence-corrected chi connectivity index (χ0v) is 11.2. The van der Waals surface area contributed by atoms with Gasteiger partial charge in [-0.15, -0.1) is 0 Å². The van der Waals surface area contributed by atoms with E-state index >= 15 is 0 Å². The van der Waals surface area contributed by atoms with E-state index in [1.54, 1.807) is 17.0 Å². The number of nitriles is 1. The van der Waals surface area contributed by atoms with E-state index in [9.17, 15) is 4.79 Å². The third-order valence-electron chi connectivity index (χ3n) is 3.13. The Labute approximate surface area is 113 Å². The summed E-state index contributed by atoms with van der Waals surface area (Å²) >= 11 is 0. The number of nitrogens with zero attached hydrogens (tertiary/aromatic N) is 2. The van der Waals surface area contributed by atoms with Gasteiger partial charge in [-0.3, -0.25) is 4.79 Å². The molecule has 19 heavy (non-hydrogen) atoms. The molecule has 1 aliphatic heterocycles. The van der Waals surface area contributed by atoms with Crippen molar-refractivity contribution in [3.63, 3.8) is 0 Å². The third-order valence-corrected chi connectivity index (χ3v) is 3.13. The van der Waals surface area contributed by atoms with E-state index in [-0.39, 0.29) is 18.0 Å². The van der Waals surface area contributed by atoms with Crippen molar-refractivity contribution in [2.75, 3.05) is 23.3 Å². The van der Waals surface area contributed by atoms with Crippen LogP contribution in [0.5, 0.6) is 0 Å². The Morgan fingerprint density at radius 1 is 1.53 bits per heavy atom. The van der Waals surface area contributed by atoms with Crippen LogP contribution in [0.2, 0.25) is 0 Å². The predicted octanol–water partition coefficient (Wildman–Crippen LogP) is 1.44. The van der Waals surface area contributed by atoms with E-state index in [0.717, 1.165) is 11.4 Å². The fourth-order valence-electron chi connectivity index (χ4n) is 2.02. The number of anilines is 2. The zero-order chi connectivity index (χ0) is 14.0. The number of nitrogens with two attached hydrogens (primary N) is 1. The molecule has 0 bridgehead atoms. The Hall–Kier alpha value is -2.06. The first-order valence-electron chi connectivity index (χ1n) is 6.28. The van der Waals surface area contributed by atoms with Gasteiger partial charge < -0.3 is 16.0 Å². The van der Waals surface area contributed by atoms with Crippen molar-refractivity contribution in [2.24, 2.45) is 5.73 Å². The summed E-state index contributed by atoms with van der Waals surface area (Å²) < 4.78 is 0. The molecule has 0 atom stereocenters. The van der Waals surface area contributed by atoms with E-state index in [1.165, 1.54) is 0 Å². The second-order valence-corrected chi connectivity index (χ2v) is 5.48. The highest BCUT2D eigenvalue weighted by Gasteiger charge is 2.25. The minimum absolute atomic E-state index is 0.00633. The number of carbonyl (C=O) groups is 1. The summed E-state index contributed by atoms with van der Waals surface area (Å²) in [5.41, 5.74) is 7.84. The number of hydrogen-bond donors (Lipinski definition) is 2. The van der Waals surface area contributed by atoms with Gasteiger partial charge in [0.25, 0.3) is 0 Å². The van der Waals surface area contributed by atoms with Crippen LogP contribution in [-0.4, -0.2) is 24.5 Å². The summed E-state index contributed by atoms with van der Waals surface area (Å²) in [6, 6.07) is 7.41. The SMILES string of the molecule is CC(C)(N)CCN1C(=O)CNc2ccc(C#N)cc21. The minimum atomic E-state index is -0.321. The van der Waals surface area contributed by atoms with Crippen molar-refractivity contribution in [2.45, 2.75) is 25.8 Å². The molecule has 0 saturated carbocycles. The van der Waals surface area contributed by atoms with Crippen LogP contribution in [0.25, 0.3) is 0 Å². The second kappa shape index (κ2) is 4.90. The number of carbonyl (C=O) groups excluding carboxylic acids is 1. The normalized spacial score (nSPS) is 14.6. The van der Waals surface area contributed by atoms with Gasteiger partial charge in [-0.25, -0.2) is 0 Å². The molecule has 5 heteroatoms. The molecule has 2 rings (SSSR count). The highest BCUT2D eigenvalue weighted by Crippen LogP contribution is 2.30. The Kier molecular flexibility index (Phi) is 3.45. The average molecular weight is 258 g/mol. The molecule has 0 radical (unpaired) electrons. The summed E-state index contributed by atoms with van der Waals surface area (Å²) in [6.45, 7) is 4.72. The minimum Gasteiger partial charge on any atom is -0.374 e. The van der Waals surface area contributed by atoms with Gasteiger partial charge in [-0.1, -0.05) is 0 Å². The van der Waals surface area contributed by atoms with Crippen molar-refractivity contribution in [1.29, 1.82) is 5.26 Å². The first-order chi connectivity index (χ1) is 8.90. The lowest BCUT2D eigenvalue weighted by Crippen LogP contribution is -2.44. The maximum Gasteiger partial charge on any atom is 0.246 e. The molecule has 0 unspecified atom stereocenters. The molecule has 3 N–H and O–H groups in total. The fourth-order valence-corrected chi connectivity index (χ4v) is 2.02. The van der Waals surface area contributed by atoms with E-state index < -0.39 is 0 Å². The van der Waals surface area contributed by atoms with Gasteiger partial charge >= 0.3 is 0 Å². The van der Waals surface area contributed by atoms with Crippen molar-refractivity contribution < 1.29 is 4.79 Å². The lowest BCUT2D eigenvalue weighted by Gasteiger charge is -2.32. The third kappa shape index (κ3) is 3.04. The predicted molar refractivity (Wildman–Crippen MR) is 74.9 cm³/mol. The second-order valence-electron chi connectivity index (χ2n) is 5.48. The van der Waals surface area contributed by atoms with Crippen LogP contribution in [0.15, 0.2) is 18.2 Å². The molecule has 0 aliphatic carbocycles. The van der Waals surface area contributed by atoms with Gasteiger partial charge in [0, 0.05) is 12.1 Å². The lowest BCUT2D eigenvalue weighted by molar-refractivity contribution is -0.117. The highest BCUT2D eigenvalue weighted by molar-refractivity contribution is 6.02. The maximum absolute atomic E-state index is 12.0. The summed E-state index contributed by atoms with van der Waals surface area (Å²) in [5, 5.41) is 12.0. The topological polar surface area (TPSA) is 82.2 Å². The summed E-state index contributed by atoms with van der Waals surface area (Å²) in [5.74, 6) is 0.00633. The van der Waals surface area contributed by atoms with Gasteiger partial charge in [-0.05, 0) is 38.5 Å². The zero-order valence-electron chi connectivity index (χ0n) is 11.2. The maximum atomic E-state index is 12.0. The van der Waals surface area contributed by atoms with Gasteiger partial charge in [0.2, 0.25) is 5.91 Å². The van der Waals surface area contributed by atoms with Crippen LogP contribution in [0.1, 0.15) is 25.8 Å². The number of fused-ring (bicyclic) bond motifs is 1. The van der Waals surface area contributed by atoms with Crippen molar-refractivity contribution in [3.8, 4) is 6.07 Å². The van der Waals surface area contributed by atoms with Crippen molar-refractivity contribution in [1.82, 2.24) is 0 Å². The number of rotatable bonds is 3. The quantitative estimate of drug-likeness (QED) is 0.859. The first-order valence-corrected chi connectivity index (χ1v) is 6.28. The van der Waals surface area contributed by atoms with E-state index in [1.807, 2.05) is 19.9 Å². The molecule has 5 nitrogen and oxygen atoms in total. The van der Waals surface area contributed by atoms with E-state index in [0.29, 0.717) is 18.5 Å². The molecule has 1 aliphatic rings.